The average Bonchev–Trinajstić information content (AvgIpc) is 2.47. The Labute approximate surface area is 132 Å². The van der Waals surface area contributed by atoms with Crippen LogP contribution < -0.4 is 0 Å². The molecule has 1 atom stereocenters. The second kappa shape index (κ2) is 13.2. The van der Waals surface area contributed by atoms with Crippen LogP contribution in [0.25, 0.3) is 0 Å². The molecule has 2 heteroatoms. The van der Waals surface area contributed by atoms with Gasteiger partial charge in [0.2, 0.25) is 0 Å². The summed E-state index contributed by atoms with van der Waals surface area (Å²) in [5.74, 6) is 0. The zero-order chi connectivity index (χ0) is 15.3. The summed E-state index contributed by atoms with van der Waals surface area (Å²) in [4.78, 5) is 0. The topological polar surface area (TPSA) is 20.2 Å². The third-order valence-electron chi connectivity index (χ3n) is 4.68. The molecule has 0 rings (SSSR count). The number of hydrogen-bond acceptors (Lipinski definition) is 1. The molecule has 20 heavy (non-hydrogen) atoms. The molecule has 0 bridgehead atoms. The Balaban J connectivity index is 4.75. The van der Waals surface area contributed by atoms with E-state index in [9.17, 15) is 5.11 Å². The summed E-state index contributed by atoms with van der Waals surface area (Å²) in [6.07, 6.45) is 13.1. The summed E-state index contributed by atoms with van der Waals surface area (Å²) in [5.41, 5.74) is 0. The standard InChI is InChI=1S/C6H11O.3C4H9.Sn/c1-2-3-4-5-6-7;3*1-3-4-2;/h2,6-7H,1,3-5H2;3*1,3-4H2,2H3;. The van der Waals surface area contributed by atoms with Gasteiger partial charge < -0.3 is 0 Å². The van der Waals surface area contributed by atoms with Crippen molar-refractivity contribution in [2.45, 2.75) is 96.0 Å². The molecular formula is C18H38OSn. The third-order valence-corrected chi connectivity index (χ3v) is 21.1. The van der Waals surface area contributed by atoms with E-state index in [2.05, 4.69) is 27.4 Å². The molecular weight excluding hydrogens is 351 g/mol. The van der Waals surface area contributed by atoms with E-state index < -0.39 is 18.4 Å². The summed E-state index contributed by atoms with van der Waals surface area (Å²) in [6.45, 7) is 10.7. The first kappa shape index (κ1) is 20.5. The van der Waals surface area contributed by atoms with Gasteiger partial charge >= 0.3 is 132 Å². The molecule has 0 aliphatic rings. The van der Waals surface area contributed by atoms with Gasteiger partial charge in [0.1, 0.15) is 0 Å². The summed E-state index contributed by atoms with van der Waals surface area (Å²) in [5, 5.41) is 10.9. The van der Waals surface area contributed by atoms with Gasteiger partial charge in [0.05, 0.1) is 0 Å². The SMILES string of the molecule is C=CCCC[CH](O)[Sn]([CH2]CCC)([CH2]CCC)[CH2]CCC. The monoisotopic (exact) mass is 390 g/mol. The van der Waals surface area contributed by atoms with E-state index in [0.29, 0.717) is 0 Å². The van der Waals surface area contributed by atoms with Crippen molar-refractivity contribution in [3.63, 3.8) is 0 Å². The molecule has 0 heterocycles. The first-order valence-corrected chi connectivity index (χ1v) is 16.7. The second-order valence-electron chi connectivity index (χ2n) is 6.41. The molecule has 0 saturated carbocycles. The molecule has 1 N–H and O–H groups in total. The third kappa shape index (κ3) is 8.07. The van der Waals surface area contributed by atoms with E-state index in [4.69, 9.17) is 0 Å². The number of unbranched alkanes of at least 4 members (excludes halogenated alkanes) is 4. The van der Waals surface area contributed by atoms with Crippen LogP contribution in [0.15, 0.2) is 12.7 Å². The fraction of sp³-hybridized carbons (Fsp3) is 0.889. The molecule has 0 spiro atoms. The molecule has 0 saturated heterocycles. The number of aliphatic hydroxyl groups is 1. The van der Waals surface area contributed by atoms with E-state index in [-0.39, 0.29) is 4.12 Å². The Hall–Kier alpha value is 0.499. The van der Waals surface area contributed by atoms with Gasteiger partial charge in [-0.25, -0.2) is 0 Å². The number of aliphatic hydroxyl groups excluding tert-OH is 1. The Morgan fingerprint density at radius 2 is 1.35 bits per heavy atom. The molecule has 0 fully saturated rings. The van der Waals surface area contributed by atoms with Crippen molar-refractivity contribution >= 4 is 18.4 Å². The number of rotatable bonds is 14. The maximum absolute atomic E-state index is 10.9. The number of hydrogen-bond donors (Lipinski definition) is 1. The van der Waals surface area contributed by atoms with Crippen molar-refractivity contribution in [3.05, 3.63) is 12.7 Å². The second-order valence-corrected chi connectivity index (χ2v) is 20.4. The Bertz CT molecular complexity index is 206. The van der Waals surface area contributed by atoms with Crippen molar-refractivity contribution < 1.29 is 5.11 Å². The van der Waals surface area contributed by atoms with Crippen LogP contribution >= 0.6 is 0 Å². The van der Waals surface area contributed by atoms with Crippen LogP contribution in [-0.2, 0) is 0 Å². The molecule has 0 amide bonds. The predicted molar refractivity (Wildman–Crippen MR) is 95.0 cm³/mol. The average molecular weight is 389 g/mol. The van der Waals surface area contributed by atoms with E-state index in [1.54, 1.807) is 0 Å². The number of allylic oxidation sites excluding steroid dienone is 1. The Morgan fingerprint density at radius 1 is 0.900 bits per heavy atom. The van der Waals surface area contributed by atoms with Crippen LogP contribution in [0.4, 0.5) is 0 Å². The van der Waals surface area contributed by atoms with Gasteiger partial charge in [0, 0.05) is 0 Å². The van der Waals surface area contributed by atoms with Crippen LogP contribution in [0.3, 0.4) is 0 Å². The molecule has 120 valence electrons. The van der Waals surface area contributed by atoms with Crippen LogP contribution in [0.1, 0.15) is 78.6 Å². The minimum atomic E-state index is -2.35. The molecule has 0 aromatic heterocycles. The summed E-state index contributed by atoms with van der Waals surface area (Å²) >= 11 is -2.35. The van der Waals surface area contributed by atoms with Gasteiger partial charge in [-0.05, 0) is 0 Å². The fourth-order valence-corrected chi connectivity index (χ4v) is 19.6. The quantitative estimate of drug-likeness (QED) is 0.217. The predicted octanol–water partition coefficient (Wildman–Crippen LogP) is 6.09. The minimum absolute atomic E-state index is 0.0916. The van der Waals surface area contributed by atoms with Crippen LogP contribution in [0.5, 0.6) is 0 Å². The Kier molecular flexibility index (Phi) is 13.5. The van der Waals surface area contributed by atoms with E-state index in [1.165, 1.54) is 51.8 Å². The zero-order valence-corrected chi connectivity index (χ0v) is 17.1. The van der Waals surface area contributed by atoms with Crippen molar-refractivity contribution in [1.82, 2.24) is 0 Å². The van der Waals surface area contributed by atoms with Gasteiger partial charge in [-0.15, -0.1) is 0 Å². The van der Waals surface area contributed by atoms with Gasteiger partial charge in [0.15, 0.2) is 0 Å². The van der Waals surface area contributed by atoms with Crippen molar-refractivity contribution in [3.8, 4) is 0 Å². The summed E-state index contributed by atoms with van der Waals surface area (Å²) in [6, 6.07) is 0. The van der Waals surface area contributed by atoms with Gasteiger partial charge in [0.25, 0.3) is 0 Å². The molecule has 0 aliphatic carbocycles. The zero-order valence-electron chi connectivity index (χ0n) is 14.3. The van der Waals surface area contributed by atoms with Crippen molar-refractivity contribution in [2.75, 3.05) is 0 Å². The first-order valence-electron chi connectivity index (χ1n) is 8.95. The summed E-state index contributed by atoms with van der Waals surface area (Å²) < 4.78 is 4.34. The summed E-state index contributed by atoms with van der Waals surface area (Å²) in [7, 11) is 0. The van der Waals surface area contributed by atoms with Crippen LogP contribution in [-0.4, -0.2) is 27.6 Å². The molecule has 0 radical (unpaired) electrons. The Morgan fingerprint density at radius 3 is 1.70 bits per heavy atom. The maximum atomic E-state index is 10.9. The molecule has 0 aromatic rings. The van der Waals surface area contributed by atoms with Gasteiger partial charge in [-0.1, -0.05) is 0 Å². The first-order chi connectivity index (χ1) is 9.66. The van der Waals surface area contributed by atoms with Crippen molar-refractivity contribution in [1.29, 1.82) is 0 Å². The van der Waals surface area contributed by atoms with E-state index >= 15 is 0 Å². The molecule has 1 nitrogen and oxygen atoms in total. The van der Waals surface area contributed by atoms with Crippen LogP contribution in [0.2, 0.25) is 13.3 Å². The molecule has 1 unspecified atom stereocenters. The van der Waals surface area contributed by atoms with E-state index in [0.717, 1.165) is 19.3 Å². The van der Waals surface area contributed by atoms with E-state index in [1.807, 2.05) is 6.08 Å². The van der Waals surface area contributed by atoms with Crippen LogP contribution in [0, 0.1) is 0 Å². The normalized spacial score (nSPS) is 13.4. The molecule has 0 aromatic carbocycles. The van der Waals surface area contributed by atoms with Gasteiger partial charge in [-0.2, -0.15) is 0 Å². The molecule has 0 aliphatic heterocycles. The van der Waals surface area contributed by atoms with Crippen molar-refractivity contribution in [2.24, 2.45) is 0 Å². The van der Waals surface area contributed by atoms with Gasteiger partial charge in [-0.3, -0.25) is 0 Å². The fourth-order valence-electron chi connectivity index (χ4n) is 3.22.